The Balaban J connectivity index is 1.90. The first-order valence-electron chi connectivity index (χ1n) is 8.33. The van der Waals surface area contributed by atoms with Crippen molar-refractivity contribution in [3.63, 3.8) is 0 Å². The standard InChI is InChI=1S/C22H17NO3/c1-26-17-13-11-15(12-14-17)22(23-16-7-3-2-4-8-16)20(24)18-9-5-6-10-19(18)21(22)25/h2-14,23H,1H3. The molecule has 0 saturated heterocycles. The molecule has 0 saturated carbocycles. The van der Waals surface area contributed by atoms with E-state index in [1.807, 2.05) is 30.3 Å². The molecule has 4 rings (SSSR count). The van der Waals surface area contributed by atoms with E-state index in [0.717, 1.165) is 0 Å². The Morgan fingerprint density at radius 1 is 0.731 bits per heavy atom. The molecule has 4 heteroatoms. The summed E-state index contributed by atoms with van der Waals surface area (Å²) in [5.41, 5.74) is 0.705. The Hall–Kier alpha value is -3.40. The molecule has 3 aromatic carbocycles. The highest BCUT2D eigenvalue weighted by atomic mass is 16.5. The molecule has 0 amide bonds. The number of fused-ring (bicyclic) bond motifs is 1. The van der Waals surface area contributed by atoms with Crippen molar-refractivity contribution < 1.29 is 14.3 Å². The number of hydrogen-bond donors (Lipinski definition) is 1. The molecule has 0 unspecified atom stereocenters. The molecule has 0 radical (unpaired) electrons. The van der Waals surface area contributed by atoms with E-state index in [2.05, 4.69) is 5.32 Å². The molecule has 0 spiro atoms. The fraction of sp³-hybridized carbons (Fsp3) is 0.0909. The molecule has 26 heavy (non-hydrogen) atoms. The Morgan fingerprint density at radius 3 is 1.81 bits per heavy atom. The van der Waals surface area contributed by atoms with Gasteiger partial charge in [-0.1, -0.05) is 54.6 Å². The molecular weight excluding hydrogens is 326 g/mol. The van der Waals surface area contributed by atoms with Gasteiger partial charge in [0, 0.05) is 16.8 Å². The first-order chi connectivity index (χ1) is 12.7. The Labute approximate surface area is 151 Å². The van der Waals surface area contributed by atoms with E-state index in [9.17, 15) is 9.59 Å². The van der Waals surface area contributed by atoms with Gasteiger partial charge in [-0.05, 0) is 29.8 Å². The van der Waals surface area contributed by atoms with Crippen LogP contribution in [-0.4, -0.2) is 18.7 Å². The summed E-state index contributed by atoms with van der Waals surface area (Å²) in [6.07, 6.45) is 0. The van der Waals surface area contributed by atoms with Crippen molar-refractivity contribution in [1.29, 1.82) is 0 Å². The summed E-state index contributed by atoms with van der Waals surface area (Å²) in [7, 11) is 1.58. The smallest absolute Gasteiger partial charge is 0.201 e. The lowest BCUT2D eigenvalue weighted by atomic mass is 9.84. The zero-order valence-corrected chi connectivity index (χ0v) is 14.2. The maximum absolute atomic E-state index is 13.4. The quantitative estimate of drug-likeness (QED) is 0.725. The van der Waals surface area contributed by atoms with Crippen molar-refractivity contribution in [1.82, 2.24) is 0 Å². The number of anilines is 1. The first-order valence-corrected chi connectivity index (χ1v) is 8.33. The third-order valence-corrected chi connectivity index (χ3v) is 4.73. The maximum Gasteiger partial charge on any atom is 0.201 e. The van der Waals surface area contributed by atoms with Crippen LogP contribution in [0, 0.1) is 0 Å². The molecule has 0 fully saturated rings. The van der Waals surface area contributed by atoms with E-state index in [1.54, 1.807) is 55.6 Å². The van der Waals surface area contributed by atoms with Gasteiger partial charge >= 0.3 is 0 Å². The minimum Gasteiger partial charge on any atom is -0.497 e. The third-order valence-electron chi connectivity index (χ3n) is 4.73. The van der Waals surface area contributed by atoms with Crippen LogP contribution in [-0.2, 0) is 5.54 Å². The highest BCUT2D eigenvalue weighted by Crippen LogP contribution is 2.40. The third kappa shape index (κ3) is 2.30. The van der Waals surface area contributed by atoms with Crippen LogP contribution in [0.5, 0.6) is 5.75 Å². The molecule has 0 aliphatic heterocycles. The number of Topliss-reactive ketones (excluding diaryl/α,β-unsaturated/α-hetero) is 2. The van der Waals surface area contributed by atoms with Crippen molar-refractivity contribution in [2.75, 3.05) is 12.4 Å². The van der Waals surface area contributed by atoms with Gasteiger partial charge in [0.15, 0.2) is 5.54 Å². The van der Waals surface area contributed by atoms with Gasteiger partial charge in [-0.15, -0.1) is 0 Å². The molecule has 0 atom stereocenters. The summed E-state index contributed by atoms with van der Waals surface area (Å²) in [5.74, 6) is 0.179. The second-order valence-electron chi connectivity index (χ2n) is 6.17. The molecule has 1 aliphatic rings. The second-order valence-corrected chi connectivity index (χ2v) is 6.17. The first kappa shape index (κ1) is 16.1. The molecule has 0 aromatic heterocycles. The highest BCUT2D eigenvalue weighted by Gasteiger charge is 2.54. The fourth-order valence-corrected chi connectivity index (χ4v) is 3.41. The second kappa shape index (κ2) is 6.15. The largest absolute Gasteiger partial charge is 0.497 e. The van der Waals surface area contributed by atoms with Gasteiger partial charge in [0.25, 0.3) is 0 Å². The van der Waals surface area contributed by atoms with Crippen LogP contribution in [0.15, 0.2) is 78.9 Å². The number of carbonyl (C=O) groups excluding carboxylic acids is 2. The van der Waals surface area contributed by atoms with Gasteiger partial charge in [-0.25, -0.2) is 0 Å². The molecule has 0 bridgehead atoms. The van der Waals surface area contributed by atoms with E-state index < -0.39 is 5.54 Å². The van der Waals surface area contributed by atoms with Crippen molar-refractivity contribution in [2.45, 2.75) is 5.54 Å². The Kier molecular flexibility index (Phi) is 3.81. The van der Waals surface area contributed by atoms with Crippen LogP contribution in [0.2, 0.25) is 0 Å². The van der Waals surface area contributed by atoms with Crippen molar-refractivity contribution >= 4 is 17.3 Å². The van der Waals surface area contributed by atoms with Gasteiger partial charge in [0.05, 0.1) is 7.11 Å². The van der Waals surface area contributed by atoms with Gasteiger partial charge in [-0.2, -0.15) is 0 Å². The van der Waals surface area contributed by atoms with E-state index in [0.29, 0.717) is 28.1 Å². The van der Waals surface area contributed by atoms with Crippen LogP contribution in [0.25, 0.3) is 0 Å². The lowest BCUT2D eigenvalue weighted by Gasteiger charge is -2.29. The highest BCUT2D eigenvalue weighted by molar-refractivity contribution is 6.34. The lowest BCUT2D eigenvalue weighted by molar-refractivity contribution is 0.0818. The summed E-state index contributed by atoms with van der Waals surface area (Å²) in [6, 6.07) is 23.3. The number of carbonyl (C=O) groups is 2. The van der Waals surface area contributed by atoms with Gasteiger partial charge in [0.2, 0.25) is 11.6 Å². The monoisotopic (exact) mass is 343 g/mol. The van der Waals surface area contributed by atoms with E-state index in [4.69, 9.17) is 4.74 Å². The number of hydrogen-bond acceptors (Lipinski definition) is 4. The molecule has 0 heterocycles. The van der Waals surface area contributed by atoms with E-state index >= 15 is 0 Å². The van der Waals surface area contributed by atoms with Crippen LogP contribution in [0.1, 0.15) is 26.3 Å². The summed E-state index contributed by atoms with van der Waals surface area (Å²) in [6.45, 7) is 0. The van der Waals surface area contributed by atoms with Gasteiger partial charge in [0.1, 0.15) is 5.75 Å². The molecule has 4 nitrogen and oxygen atoms in total. The van der Waals surface area contributed by atoms with Gasteiger partial charge in [-0.3, -0.25) is 9.59 Å². The topological polar surface area (TPSA) is 55.4 Å². The van der Waals surface area contributed by atoms with E-state index in [-0.39, 0.29) is 11.6 Å². The van der Waals surface area contributed by atoms with Crippen LogP contribution < -0.4 is 10.1 Å². The summed E-state index contributed by atoms with van der Waals surface area (Å²) in [4.78, 5) is 26.7. The number of benzene rings is 3. The van der Waals surface area contributed by atoms with Crippen LogP contribution in [0.3, 0.4) is 0 Å². The predicted octanol–water partition coefficient (Wildman–Crippen LogP) is 4.08. The number of para-hydroxylation sites is 1. The minimum atomic E-state index is -1.47. The molecule has 1 N–H and O–H groups in total. The zero-order chi connectivity index (χ0) is 18.1. The van der Waals surface area contributed by atoms with Crippen molar-refractivity contribution in [3.8, 4) is 5.75 Å². The summed E-state index contributed by atoms with van der Waals surface area (Å²) < 4.78 is 5.21. The number of rotatable bonds is 4. The molecular formula is C22H17NO3. The summed E-state index contributed by atoms with van der Waals surface area (Å²) >= 11 is 0. The van der Waals surface area contributed by atoms with Crippen molar-refractivity contribution in [3.05, 3.63) is 95.6 Å². The molecule has 3 aromatic rings. The minimum absolute atomic E-state index is 0.243. The number of methoxy groups -OCH3 is 1. The fourth-order valence-electron chi connectivity index (χ4n) is 3.41. The number of nitrogens with one attached hydrogen (secondary N) is 1. The predicted molar refractivity (Wildman–Crippen MR) is 99.8 cm³/mol. The maximum atomic E-state index is 13.4. The SMILES string of the molecule is COc1ccc(C2(Nc3ccccc3)C(=O)c3ccccc3C2=O)cc1. The average molecular weight is 343 g/mol. The number of ketones is 2. The van der Waals surface area contributed by atoms with Crippen molar-refractivity contribution in [2.24, 2.45) is 0 Å². The number of ether oxygens (including phenoxy) is 1. The normalized spacial score (nSPS) is 14.8. The Morgan fingerprint density at radius 2 is 1.27 bits per heavy atom. The zero-order valence-electron chi connectivity index (χ0n) is 14.2. The average Bonchev–Trinajstić information content (AvgIpc) is 2.92. The van der Waals surface area contributed by atoms with Crippen LogP contribution >= 0.6 is 0 Å². The summed E-state index contributed by atoms with van der Waals surface area (Å²) in [5, 5.41) is 3.21. The lowest BCUT2D eigenvalue weighted by Crippen LogP contribution is -2.46. The molecule has 1 aliphatic carbocycles. The van der Waals surface area contributed by atoms with E-state index in [1.165, 1.54) is 0 Å². The van der Waals surface area contributed by atoms with Crippen LogP contribution in [0.4, 0.5) is 5.69 Å². The Bertz CT molecular complexity index is 943. The van der Waals surface area contributed by atoms with Gasteiger partial charge < -0.3 is 10.1 Å². The molecule has 128 valence electrons.